The first-order chi connectivity index (χ1) is 11.8. The zero-order chi connectivity index (χ0) is 16.5. The summed E-state index contributed by atoms with van der Waals surface area (Å²) in [7, 11) is 2.12. The SMILES string of the molecule is CCc1ccc(C2CNCCN2Cc2nnc(C3CC3)n2C)cc1.Cl.Cl. The molecule has 1 aromatic heterocycles. The van der Waals surface area contributed by atoms with Crippen molar-refractivity contribution in [2.45, 2.75) is 44.7 Å². The number of hydrogen-bond acceptors (Lipinski definition) is 4. The molecule has 1 atom stereocenters. The van der Waals surface area contributed by atoms with Crippen LogP contribution in [0.1, 0.15) is 54.5 Å². The molecule has 26 heavy (non-hydrogen) atoms. The minimum atomic E-state index is 0. The van der Waals surface area contributed by atoms with E-state index >= 15 is 0 Å². The number of nitrogens with one attached hydrogen (secondary N) is 1. The molecule has 1 aliphatic heterocycles. The molecule has 2 aromatic rings. The quantitative estimate of drug-likeness (QED) is 0.840. The second-order valence-electron chi connectivity index (χ2n) is 7.09. The molecule has 0 radical (unpaired) electrons. The van der Waals surface area contributed by atoms with Crippen molar-refractivity contribution < 1.29 is 0 Å². The molecule has 0 spiro atoms. The Labute approximate surface area is 168 Å². The normalized spacial score (nSPS) is 20.3. The second-order valence-corrected chi connectivity index (χ2v) is 7.09. The van der Waals surface area contributed by atoms with Gasteiger partial charge in [0.2, 0.25) is 0 Å². The summed E-state index contributed by atoms with van der Waals surface area (Å²) in [5, 5.41) is 12.5. The van der Waals surface area contributed by atoms with Gasteiger partial charge in [0.15, 0.2) is 0 Å². The van der Waals surface area contributed by atoms with Crippen molar-refractivity contribution in [1.29, 1.82) is 0 Å². The third-order valence-corrected chi connectivity index (χ3v) is 5.41. The molecule has 4 rings (SSSR count). The maximum Gasteiger partial charge on any atom is 0.146 e. The Hall–Kier alpha value is -1.14. The van der Waals surface area contributed by atoms with Crippen molar-refractivity contribution in [1.82, 2.24) is 25.0 Å². The lowest BCUT2D eigenvalue weighted by Gasteiger charge is -2.36. The lowest BCUT2D eigenvalue weighted by atomic mass is 10.0. The fourth-order valence-electron chi connectivity index (χ4n) is 3.63. The lowest BCUT2D eigenvalue weighted by molar-refractivity contribution is 0.148. The number of aromatic nitrogens is 3. The highest BCUT2D eigenvalue weighted by Crippen LogP contribution is 2.39. The summed E-state index contributed by atoms with van der Waals surface area (Å²) >= 11 is 0. The van der Waals surface area contributed by atoms with Crippen LogP contribution in [0.5, 0.6) is 0 Å². The van der Waals surface area contributed by atoms with Crippen LogP contribution in [0.3, 0.4) is 0 Å². The number of aryl methyl sites for hydroxylation is 1. The molecule has 1 aromatic carbocycles. The van der Waals surface area contributed by atoms with Crippen molar-refractivity contribution in [3.8, 4) is 0 Å². The Morgan fingerprint density at radius 3 is 2.50 bits per heavy atom. The van der Waals surface area contributed by atoms with Crippen molar-refractivity contribution >= 4 is 24.8 Å². The van der Waals surface area contributed by atoms with Crippen LogP contribution in [0.2, 0.25) is 0 Å². The van der Waals surface area contributed by atoms with Crippen molar-refractivity contribution in [3.63, 3.8) is 0 Å². The molecule has 2 aliphatic rings. The van der Waals surface area contributed by atoms with Gasteiger partial charge in [-0.1, -0.05) is 31.2 Å². The maximum absolute atomic E-state index is 4.48. The van der Waals surface area contributed by atoms with Crippen LogP contribution < -0.4 is 5.32 Å². The van der Waals surface area contributed by atoms with Gasteiger partial charge < -0.3 is 9.88 Å². The summed E-state index contributed by atoms with van der Waals surface area (Å²) in [5.41, 5.74) is 2.79. The molecule has 0 bridgehead atoms. The molecule has 144 valence electrons. The molecule has 1 aliphatic carbocycles. The lowest BCUT2D eigenvalue weighted by Crippen LogP contribution is -2.45. The smallest absolute Gasteiger partial charge is 0.146 e. The molecule has 2 fully saturated rings. The molecule has 2 heterocycles. The summed E-state index contributed by atoms with van der Waals surface area (Å²) in [6.07, 6.45) is 3.63. The standard InChI is InChI=1S/C19H27N5.2ClH/c1-3-14-4-6-15(7-5-14)17-12-20-10-11-24(17)13-18-21-22-19(23(18)2)16-8-9-16;;/h4-7,16-17,20H,3,8-13H2,1-2H3;2*1H. The number of halogens is 2. The summed E-state index contributed by atoms with van der Waals surface area (Å²) in [4.78, 5) is 2.54. The molecule has 0 amide bonds. The third-order valence-electron chi connectivity index (χ3n) is 5.41. The fourth-order valence-corrected chi connectivity index (χ4v) is 3.63. The van der Waals surface area contributed by atoms with Gasteiger partial charge in [-0.05, 0) is 30.4 Å². The molecule has 1 saturated heterocycles. The minimum Gasteiger partial charge on any atom is -0.317 e. The summed E-state index contributed by atoms with van der Waals surface area (Å²) in [5.74, 6) is 2.91. The van der Waals surface area contributed by atoms with Gasteiger partial charge in [-0.25, -0.2) is 0 Å². The number of hydrogen-bond donors (Lipinski definition) is 1. The van der Waals surface area contributed by atoms with E-state index in [1.165, 1.54) is 29.8 Å². The van der Waals surface area contributed by atoms with Crippen molar-refractivity contribution in [2.75, 3.05) is 19.6 Å². The third kappa shape index (κ3) is 4.39. The van der Waals surface area contributed by atoms with Gasteiger partial charge in [-0.15, -0.1) is 35.0 Å². The Kier molecular flexibility index (Phi) is 7.47. The van der Waals surface area contributed by atoms with Crippen LogP contribution in [0.4, 0.5) is 0 Å². The first-order valence-corrected chi connectivity index (χ1v) is 9.18. The van der Waals surface area contributed by atoms with Gasteiger partial charge in [-0.3, -0.25) is 4.90 Å². The largest absolute Gasteiger partial charge is 0.317 e. The van der Waals surface area contributed by atoms with Crippen LogP contribution in [-0.4, -0.2) is 39.3 Å². The van der Waals surface area contributed by atoms with Gasteiger partial charge in [0.25, 0.3) is 0 Å². The van der Waals surface area contributed by atoms with Gasteiger partial charge in [0.1, 0.15) is 11.6 Å². The fraction of sp³-hybridized carbons (Fsp3) is 0.579. The van der Waals surface area contributed by atoms with E-state index in [2.05, 4.69) is 63.2 Å². The number of benzene rings is 1. The maximum atomic E-state index is 4.48. The van der Waals surface area contributed by atoms with Gasteiger partial charge in [0.05, 0.1) is 6.54 Å². The summed E-state index contributed by atoms with van der Waals surface area (Å²) in [6, 6.07) is 9.50. The predicted octanol–water partition coefficient (Wildman–Crippen LogP) is 3.25. The monoisotopic (exact) mass is 397 g/mol. The molecular formula is C19H29Cl2N5. The van der Waals surface area contributed by atoms with Crippen LogP contribution in [0.15, 0.2) is 24.3 Å². The topological polar surface area (TPSA) is 46.0 Å². The molecule has 1 N–H and O–H groups in total. The van der Waals surface area contributed by atoms with Crippen LogP contribution in [-0.2, 0) is 20.0 Å². The Balaban J connectivity index is 0.00000121. The Morgan fingerprint density at radius 1 is 1.12 bits per heavy atom. The Bertz CT molecular complexity index is 696. The average Bonchev–Trinajstić information content (AvgIpc) is 3.41. The molecular weight excluding hydrogens is 369 g/mol. The van der Waals surface area contributed by atoms with E-state index in [4.69, 9.17) is 0 Å². The van der Waals surface area contributed by atoms with E-state index in [0.717, 1.165) is 38.4 Å². The predicted molar refractivity (Wildman–Crippen MR) is 109 cm³/mol. The first kappa shape index (κ1) is 21.2. The van der Waals surface area contributed by atoms with Crippen LogP contribution in [0, 0.1) is 0 Å². The van der Waals surface area contributed by atoms with E-state index in [0.29, 0.717) is 12.0 Å². The van der Waals surface area contributed by atoms with E-state index < -0.39 is 0 Å². The Morgan fingerprint density at radius 2 is 1.85 bits per heavy atom. The molecule has 1 unspecified atom stereocenters. The highest BCUT2D eigenvalue weighted by molar-refractivity contribution is 5.85. The number of rotatable bonds is 5. The van der Waals surface area contributed by atoms with Crippen LogP contribution >= 0.6 is 24.8 Å². The summed E-state index contributed by atoms with van der Waals surface area (Å²) in [6.45, 7) is 6.16. The van der Waals surface area contributed by atoms with E-state index in [-0.39, 0.29) is 24.8 Å². The number of nitrogens with zero attached hydrogens (tertiary/aromatic N) is 4. The zero-order valence-electron chi connectivity index (χ0n) is 15.5. The average molecular weight is 398 g/mol. The van der Waals surface area contributed by atoms with Crippen molar-refractivity contribution in [3.05, 3.63) is 47.0 Å². The highest BCUT2D eigenvalue weighted by atomic mass is 35.5. The van der Waals surface area contributed by atoms with E-state index in [1.807, 2.05) is 0 Å². The van der Waals surface area contributed by atoms with Crippen LogP contribution in [0.25, 0.3) is 0 Å². The van der Waals surface area contributed by atoms with Gasteiger partial charge in [0, 0.05) is 38.6 Å². The zero-order valence-corrected chi connectivity index (χ0v) is 17.2. The molecule has 7 heteroatoms. The second kappa shape index (κ2) is 9.18. The van der Waals surface area contributed by atoms with Crippen molar-refractivity contribution in [2.24, 2.45) is 7.05 Å². The first-order valence-electron chi connectivity index (χ1n) is 9.18. The van der Waals surface area contributed by atoms with Gasteiger partial charge >= 0.3 is 0 Å². The highest BCUT2D eigenvalue weighted by Gasteiger charge is 2.30. The minimum absolute atomic E-state index is 0. The summed E-state index contributed by atoms with van der Waals surface area (Å²) < 4.78 is 2.22. The van der Waals surface area contributed by atoms with Gasteiger partial charge in [-0.2, -0.15) is 0 Å². The molecule has 1 saturated carbocycles. The van der Waals surface area contributed by atoms with E-state index in [1.54, 1.807) is 0 Å². The number of piperazine rings is 1. The molecule has 5 nitrogen and oxygen atoms in total. The van der Waals surface area contributed by atoms with E-state index in [9.17, 15) is 0 Å².